The van der Waals surface area contributed by atoms with Gasteiger partial charge in [-0.1, -0.05) is 30.3 Å². The van der Waals surface area contributed by atoms with Crippen molar-refractivity contribution in [3.8, 4) is 17.1 Å². The van der Waals surface area contributed by atoms with E-state index >= 15 is 0 Å². The molecule has 2 N–H and O–H groups in total. The Balaban J connectivity index is 1.69. The molecule has 0 radical (unpaired) electrons. The fraction of sp³-hybridized carbons (Fsp3) is 0.111. The Labute approximate surface area is 144 Å². The summed E-state index contributed by atoms with van der Waals surface area (Å²) in [5.74, 6) is 0.829. The van der Waals surface area contributed by atoms with E-state index in [1.165, 1.54) is 6.33 Å². The normalized spacial score (nSPS) is 12.2. The molecule has 25 heavy (non-hydrogen) atoms. The fourth-order valence-electron chi connectivity index (χ4n) is 2.66. The number of hydrogen-bond donors (Lipinski definition) is 1. The minimum atomic E-state index is -0.136. The number of benzene rings is 1. The molecular weight excluding hydrogens is 316 g/mol. The molecule has 0 fully saturated rings. The Kier molecular flexibility index (Phi) is 3.74. The number of hydrogen-bond acceptors (Lipinski definition) is 6. The SMILES string of the molecule is C[C@H](Oc1cc(-c2c(N)nn3cccnc23)ncn1)c1ccccc1. The van der Waals surface area contributed by atoms with E-state index in [2.05, 4.69) is 20.1 Å². The van der Waals surface area contributed by atoms with Gasteiger partial charge in [-0.3, -0.25) is 0 Å². The highest BCUT2D eigenvalue weighted by molar-refractivity contribution is 5.84. The maximum Gasteiger partial charge on any atom is 0.217 e. The first-order valence-electron chi connectivity index (χ1n) is 7.85. The molecule has 124 valence electrons. The van der Waals surface area contributed by atoms with Crippen molar-refractivity contribution in [3.63, 3.8) is 0 Å². The van der Waals surface area contributed by atoms with E-state index in [-0.39, 0.29) is 6.10 Å². The number of nitrogen functional groups attached to an aromatic ring is 1. The second kappa shape index (κ2) is 6.20. The van der Waals surface area contributed by atoms with Gasteiger partial charge in [0.25, 0.3) is 0 Å². The summed E-state index contributed by atoms with van der Waals surface area (Å²) >= 11 is 0. The zero-order valence-electron chi connectivity index (χ0n) is 13.6. The van der Waals surface area contributed by atoms with Crippen molar-refractivity contribution in [2.75, 3.05) is 5.73 Å². The predicted molar refractivity (Wildman–Crippen MR) is 93.9 cm³/mol. The van der Waals surface area contributed by atoms with Crippen LogP contribution in [0.3, 0.4) is 0 Å². The van der Waals surface area contributed by atoms with Crippen molar-refractivity contribution in [3.05, 3.63) is 66.7 Å². The number of nitrogens with zero attached hydrogens (tertiary/aromatic N) is 5. The van der Waals surface area contributed by atoms with Gasteiger partial charge in [-0.15, -0.1) is 5.10 Å². The number of fused-ring (bicyclic) bond motifs is 1. The third-order valence-electron chi connectivity index (χ3n) is 3.89. The van der Waals surface area contributed by atoms with E-state index in [0.717, 1.165) is 5.56 Å². The van der Waals surface area contributed by atoms with Gasteiger partial charge in [0.05, 0.1) is 11.3 Å². The molecule has 0 bridgehead atoms. The Morgan fingerprint density at radius 2 is 1.92 bits per heavy atom. The smallest absolute Gasteiger partial charge is 0.217 e. The first kappa shape index (κ1) is 15.1. The maximum absolute atomic E-state index is 6.05. The van der Waals surface area contributed by atoms with Gasteiger partial charge in [0, 0.05) is 18.5 Å². The van der Waals surface area contributed by atoms with Crippen molar-refractivity contribution < 1.29 is 4.74 Å². The number of nitrogens with two attached hydrogens (primary N) is 1. The fourth-order valence-corrected chi connectivity index (χ4v) is 2.66. The summed E-state index contributed by atoms with van der Waals surface area (Å²) in [7, 11) is 0. The van der Waals surface area contributed by atoms with Crippen LogP contribution >= 0.6 is 0 Å². The summed E-state index contributed by atoms with van der Waals surface area (Å²) in [6, 6.07) is 13.5. The van der Waals surface area contributed by atoms with Crippen molar-refractivity contribution in [2.45, 2.75) is 13.0 Å². The van der Waals surface area contributed by atoms with Crippen LogP contribution in [0, 0.1) is 0 Å². The standard InChI is InChI=1S/C18H16N6O/c1-12(13-6-3-2-4-7-13)25-15-10-14(21-11-22-15)16-17(19)23-24-9-5-8-20-18(16)24/h2-12H,1H3,(H2,19,23)/t12-/m0/s1. The molecular formula is C18H16N6O. The minimum absolute atomic E-state index is 0.136. The zero-order chi connectivity index (χ0) is 17.2. The summed E-state index contributed by atoms with van der Waals surface area (Å²) in [6.45, 7) is 1.97. The van der Waals surface area contributed by atoms with E-state index in [1.54, 1.807) is 29.0 Å². The van der Waals surface area contributed by atoms with Gasteiger partial charge < -0.3 is 10.5 Å². The highest BCUT2D eigenvalue weighted by Gasteiger charge is 2.16. The van der Waals surface area contributed by atoms with Gasteiger partial charge in [-0.25, -0.2) is 19.5 Å². The molecule has 3 aromatic heterocycles. The second-order valence-corrected chi connectivity index (χ2v) is 5.56. The average molecular weight is 332 g/mol. The van der Waals surface area contributed by atoms with Crippen LogP contribution in [0.1, 0.15) is 18.6 Å². The lowest BCUT2D eigenvalue weighted by atomic mass is 10.1. The lowest BCUT2D eigenvalue weighted by Crippen LogP contribution is -2.04. The number of anilines is 1. The topological polar surface area (TPSA) is 91.2 Å². The van der Waals surface area contributed by atoms with Gasteiger partial charge in [0.2, 0.25) is 5.88 Å². The molecule has 0 aliphatic heterocycles. The van der Waals surface area contributed by atoms with E-state index in [9.17, 15) is 0 Å². The molecule has 0 aliphatic carbocycles. The minimum Gasteiger partial charge on any atom is -0.470 e. The molecule has 4 rings (SSSR count). The maximum atomic E-state index is 6.05. The highest BCUT2D eigenvalue weighted by Crippen LogP contribution is 2.29. The van der Waals surface area contributed by atoms with E-state index in [1.807, 2.05) is 37.3 Å². The summed E-state index contributed by atoms with van der Waals surface area (Å²) in [4.78, 5) is 12.8. The van der Waals surface area contributed by atoms with Gasteiger partial charge in [-0.05, 0) is 18.6 Å². The number of rotatable bonds is 4. The van der Waals surface area contributed by atoms with Gasteiger partial charge in [-0.2, -0.15) is 0 Å². The molecule has 0 saturated carbocycles. The first-order valence-corrected chi connectivity index (χ1v) is 7.85. The molecule has 3 heterocycles. The van der Waals surface area contributed by atoms with Crippen molar-refractivity contribution in [1.29, 1.82) is 0 Å². The van der Waals surface area contributed by atoms with Crippen LogP contribution in [0.5, 0.6) is 5.88 Å². The Hall–Kier alpha value is -3.48. The summed E-state index contributed by atoms with van der Waals surface area (Å²) < 4.78 is 7.58. The molecule has 4 aromatic rings. The van der Waals surface area contributed by atoms with Crippen molar-refractivity contribution >= 4 is 11.5 Å². The third kappa shape index (κ3) is 2.87. The molecule has 0 spiro atoms. The third-order valence-corrected chi connectivity index (χ3v) is 3.89. The monoisotopic (exact) mass is 332 g/mol. The zero-order valence-corrected chi connectivity index (χ0v) is 13.6. The molecule has 1 aromatic carbocycles. The predicted octanol–water partition coefficient (Wildman–Crippen LogP) is 2.91. The molecule has 7 nitrogen and oxygen atoms in total. The van der Waals surface area contributed by atoms with Crippen LogP contribution in [0.25, 0.3) is 16.9 Å². The van der Waals surface area contributed by atoms with E-state index in [0.29, 0.717) is 28.6 Å². The van der Waals surface area contributed by atoms with Crippen LogP contribution in [0.15, 0.2) is 61.2 Å². The van der Waals surface area contributed by atoms with Gasteiger partial charge in [0.1, 0.15) is 12.4 Å². The van der Waals surface area contributed by atoms with Crippen LogP contribution in [-0.4, -0.2) is 24.6 Å². The quantitative estimate of drug-likeness (QED) is 0.618. The average Bonchev–Trinajstić information content (AvgIpc) is 2.98. The lowest BCUT2D eigenvalue weighted by Gasteiger charge is -2.14. The van der Waals surface area contributed by atoms with Crippen molar-refractivity contribution in [2.24, 2.45) is 0 Å². The van der Waals surface area contributed by atoms with E-state index in [4.69, 9.17) is 10.5 Å². The molecule has 0 aliphatic rings. The lowest BCUT2D eigenvalue weighted by molar-refractivity contribution is 0.217. The molecule has 0 amide bonds. The van der Waals surface area contributed by atoms with Crippen LogP contribution in [-0.2, 0) is 0 Å². The summed E-state index contributed by atoms with van der Waals surface area (Å²) in [6.07, 6.45) is 4.80. The Morgan fingerprint density at radius 3 is 2.76 bits per heavy atom. The van der Waals surface area contributed by atoms with Crippen LogP contribution in [0.2, 0.25) is 0 Å². The number of ether oxygens (including phenoxy) is 1. The second-order valence-electron chi connectivity index (χ2n) is 5.56. The number of aromatic nitrogens is 5. The van der Waals surface area contributed by atoms with Crippen LogP contribution < -0.4 is 10.5 Å². The summed E-state index contributed by atoms with van der Waals surface area (Å²) in [5, 5.41) is 4.26. The highest BCUT2D eigenvalue weighted by atomic mass is 16.5. The molecule has 7 heteroatoms. The molecule has 1 atom stereocenters. The first-order chi connectivity index (χ1) is 12.2. The van der Waals surface area contributed by atoms with E-state index < -0.39 is 0 Å². The van der Waals surface area contributed by atoms with Gasteiger partial charge >= 0.3 is 0 Å². The largest absolute Gasteiger partial charge is 0.470 e. The Morgan fingerprint density at radius 1 is 1.08 bits per heavy atom. The summed E-state index contributed by atoms with van der Waals surface area (Å²) in [5.41, 5.74) is 9.05. The molecule has 0 unspecified atom stereocenters. The Bertz CT molecular complexity index is 1010. The molecule has 0 saturated heterocycles. The van der Waals surface area contributed by atoms with Crippen LogP contribution in [0.4, 0.5) is 5.82 Å². The van der Waals surface area contributed by atoms with Crippen molar-refractivity contribution in [1.82, 2.24) is 24.6 Å². The van der Waals surface area contributed by atoms with Gasteiger partial charge in [0.15, 0.2) is 11.5 Å².